The highest BCUT2D eigenvalue weighted by Gasteiger charge is 2.04. The summed E-state index contributed by atoms with van der Waals surface area (Å²) in [6, 6.07) is 14.2. The lowest BCUT2D eigenvalue weighted by Crippen LogP contribution is -2.15. The number of amides is 1. The molecule has 0 spiro atoms. The van der Waals surface area contributed by atoms with E-state index in [2.05, 4.69) is 5.32 Å². The molecule has 0 aromatic heterocycles. The van der Waals surface area contributed by atoms with Crippen molar-refractivity contribution >= 4 is 28.9 Å². The molecule has 2 aromatic carbocycles. The summed E-state index contributed by atoms with van der Waals surface area (Å²) in [7, 11) is 0. The third-order valence-corrected chi connectivity index (χ3v) is 2.85. The second kappa shape index (κ2) is 6.82. The summed E-state index contributed by atoms with van der Waals surface area (Å²) < 4.78 is 5.46. The van der Waals surface area contributed by atoms with Gasteiger partial charge in [0.15, 0.2) is 0 Å². The van der Waals surface area contributed by atoms with Gasteiger partial charge in [0.05, 0.1) is 18.7 Å². The van der Waals surface area contributed by atoms with Crippen LogP contribution in [0.1, 0.15) is 6.42 Å². The molecule has 5 heteroatoms. The average Bonchev–Trinajstić information content (AvgIpc) is 2.41. The maximum atomic E-state index is 11.7. The van der Waals surface area contributed by atoms with E-state index in [0.717, 1.165) is 0 Å². The van der Waals surface area contributed by atoms with Crippen LogP contribution in [0.5, 0.6) is 5.75 Å². The first-order chi connectivity index (χ1) is 9.65. The summed E-state index contributed by atoms with van der Waals surface area (Å²) >= 11 is 5.84. The highest BCUT2D eigenvalue weighted by Crippen LogP contribution is 2.20. The van der Waals surface area contributed by atoms with Crippen molar-refractivity contribution in [3.05, 3.63) is 53.6 Å². The van der Waals surface area contributed by atoms with Gasteiger partial charge >= 0.3 is 0 Å². The summed E-state index contributed by atoms with van der Waals surface area (Å²) in [5, 5.41) is 3.33. The maximum absolute atomic E-state index is 11.7. The number of nitrogens with two attached hydrogens (primary N) is 1. The Morgan fingerprint density at radius 3 is 2.75 bits per heavy atom. The first-order valence-corrected chi connectivity index (χ1v) is 6.55. The molecule has 0 radical (unpaired) electrons. The molecule has 2 aromatic rings. The predicted molar refractivity (Wildman–Crippen MR) is 81.0 cm³/mol. The zero-order valence-corrected chi connectivity index (χ0v) is 11.6. The normalized spacial score (nSPS) is 10.1. The zero-order chi connectivity index (χ0) is 14.4. The molecule has 0 unspecified atom stereocenters. The molecule has 3 N–H and O–H groups in total. The minimum Gasteiger partial charge on any atom is -0.491 e. The Balaban J connectivity index is 1.80. The number of benzene rings is 2. The summed E-state index contributed by atoms with van der Waals surface area (Å²) in [4.78, 5) is 11.7. The van der Waals surface area contributed by atoms with E-state index >= 15 is 0 Å². The Labute approximate surface area is 122 Å². The monoisotopic (exact) mass is 290 g/mol. The molecule has 0 aliphatic heterocycles. The summed E-state index contributed by atoms with van der Waals surface area (Å²) in [6.07, 6.45) is 0.237. The van der Waals surface area contributed by atoms with Crippen LogP contribution in [-0.2, 0) is 4.79 Å². The number of carbonyl (C=O) groups excluding carboxylic acids is 1. The number of anilines is 2. The van der Waals surface area contributed by atoms with Gasteiger partial charge in [0.25, 0.3) is 0 Å². The van der Waals surface area contributed by atoms with Crippen molar-refractivity contribution in [3.8, 4) is 5.75 Å². The van der Waals surface area contributed by atoms with E-state index in [4.69, 9.17) is 22.1 Å². The number of hydrogen-bond acceptors (Lipinski definition) is 3. The van der Waals surface area contributed by atoms with E-state index < -0.39 is 0 Å². The highest BCUT2D eigenvalue weighted by atomic mass is 35.5. The maximum Gasteiger partial charge on any atom is 0.227 e. The molecule has 0 aliphatic carbocycles. The molecule has 0 atom stereocenters. The topological polar surface area (TPSA) is 64.3 Å². The predicted octanol–water partition coefficient (Wildman–Crippen LogP) is 3.33. The van der Waals surface area contributed by atoms with Gasteiger partial charge in [0, 0.05) is 10.7 Å². The van der Waals surface area contributed by atoms with E-state index in [-0.39, 0.29) is 18.9 Å². The fourth-order valence-electron chi connectivity index (χ4n) is 1.66. The lowest BCUT2D eigenvalue weighted by Gasteiger charge is -2.09. The van der Waals surface area contributed by atoms with Gasteiger partial charge in [-0.3, -0.25) is 4.79 Å². The fourth-order valence-corrected chi connectivity index (χ4v) is 1.85. The molecule has 0 saturated heterocycles. The molecule has 20 heavy (non-hydrogen) atoms. The number of para-hydroxylation sites is 2. The van der Waals surface area contributed by atoms with Crippen molar-refractivity contribution in [2.24, 2.45) is 0 Å². The summed E-state index contributed by atoms with van der Waals surface area (Å²) in [5.41, 5.74) is 6.96. The molecule has 0 bridgehead atoms. The van der Waals surface area contributed by atoms with Crippen LogP contribution < -0.4 is 15.8 Å². The Morgan fingerprint density at radius 1 is 1.20 bits per heavy atom. The molecule has 104 valence electrons. The molecular weight excluding hydrogens is 276 g/mol. The lowest BCUT2D eigenvalue weighted by atomic mass is 10.3. The number of nitrogen functional groups attached to an aromatic ring is 1. The van der Waals surface area contributed by atoms with Gasteiger partial charge in [0.2, 0.25) is 5.91 Å². The first kappa shape index (κ1) is 14.2. The van der Waals surface area contributed by atoms with Crippen LogP contribution in [0.2, 0.25) is 5.02 Å². The van der Waals surface area contributed by atoms with Gasteiger partial charge in [-0.25, -0.2) is 0 Å². The summed E-state index contributed by atoms with van der Waals surface area (Å²) in [6.45, 7) is 0.264. The molecular formula is C15H15ClN2O2. The van der Waals surface area contributed by atoms with E-state index in [1.807, 2.05) is 12.1 Å². The van der Waals surface area contributed by atoms with Crippen molar-refractivity contribution in [1.29, 1.82) is 0 Å². The number of ether oxygens (including phenoxy) is 1. The second-order valence-electron chi connectivity index (χ2n) is 4.19. The van der Waals surface area contributed by atoms with Gasteiger partial charge < -0.3 is 15.8 Å². The minimum atomic E-state index is -0.137. The number of halogens is 1. The quantitative estimate of drug-likeness (QED) is 0.830. The van der Waals surface area contributed by atoms with Crippen molar-refractivity contribution in [3.63, 3.8) is 0 Å². The number of nitrogens with one attached hydrogen (secondary N) is 1. The van der Waals surface area contributed by atoms with Crippen LogP contribution in [0.15, 0.2) is 48.5 Å². The molecule has 0 saturated carbocycles. The fraction of sp³-hybridized carbons (Fsp3) is 0.133. The Hall–Kier alpha value is -2.20. The van der Waals surface area contributed by atoms with Gasteiger partial charge in [-0.05, 0) is 30.3 Å². The van der Waals surface area contributed by atoms with Gasteiger partial charge in [0.1, 0.15) is 5.75 Å². The standard InChI is InChI=1S/C15H15ClN2O2/c16-11-4-3-5-12(10-11)18-15(19)8-9-20-14-7-2-1-6-13(14)17/h1-7,10H,8-9,17H2,(H,18,19). The minimum absolute atomic E-state index is 0.137. The van der Waals surface area contributed by atoms with Gasteiger partial charge in [-0.1, -0.05) is 29.8 Å². The van der Waals surface area contributed by atoms with Gasteiger partial charge in [-0.2, -0.15) is 0 Å². The third kappa shape index (κ3) is 4.17. The van der Waals surface area contributed by atoms with Crippen LogP contribution in [0, 0.1) is 0 Å². The van der Waals surface area contributed by atoms with Gasteiger partial charge in [-0.15, -0.1) is 0 Å². The molecule has 0 fully saturated rings. The lowest BCUT2D eigenvalue weighted by molar-refractivity contribution is -0.116. The van der Waals surface area contributed by atoms with E-state index in [1.165, 1.54) is 0 Å². The van der Waals surface area contributed by atoms with Crippen LogP contribution in [0.25, 0.3) is 0 Å². The largest absolute Gasteiger partial charge is 0.491 e. The average molecular weight is 291 g/mol. The van der Waals surface area contributed by atoms with Crippen molar-refractivity contribution < 1.29 is 9.53 Å². The van der Waals surface area contributed by atoms with Crippen molar-refractivity contribution in [2.45, 2.75) is 6.42 Å². The molecule has 2 rings (SSSR count). The van der Waals surface area contributed by atoms with Crippen LogP contribution >= 0.6 is 11.6 Å². The van der Waals surface area contributed by atoms with Crippen LogP contribution in [0.3, 0.4) is 0 Å². The number of hydrogen-bond donors (Lipinski definition) is 2. The zero-order valence-electron chi connectivity index (χ0n) is 10.8. The molecule has 4 nitrogen and oxygen atoms in total. The molecule has 0 heterocycles. The first-order valence-electron chi connectivity index (χ1n) is 6.18. The number of carbonyl (C=O) groups is 1. The highest BCUT2D eigenvalue weighted by molar-refractivity contribution is 6.30. The SMILES string of the molecule is Nc1ccccc1OCCC(=O)Nc1cccc(Cl)c1. The smallest absolute Gasteiger partial charge is 0.227 e. The van der Waals surface area contributed by atoms with E-state index in [0.29, 0.717) is 22.1 Å². The summed E-state index contributed by atoms with van der Waals surface area (Å²) in [5.74, 6) is 0.449. The molecule has 0 aliphatic rings. The number of rotatable bonds is 5. The van der Waals surface area contributed by atoms with Crippen LogP contribution in [0.4, 0.5) is 11.4 Å². The Bertz CT molecular complexity index is 602. The van der Waals surface area contributed by atoms with E-state index in [9.17, 15) is 4.79 Å². The third-order valence-electron chi connectivity index (χ3n) is 2.61. The Morgan fingerprint density at radius 2 is 2.00 bits per heavy atom. The van der Waals surface area contributed by atoms with Crippen molar-refractivity contribution in [1.82, 2.24) is 0 Å². The Kier molecular flexibility index (Phi) is 4.85. The van der Waals surface area contributed by atoms with E-state index in [1.54, 1.807) is 36.4 Å². The molecule has 1 amide bonds. The van der Waals surface area contributed by atoms with Crippen molar-refractivity contribution in [2.75, 3.05) is 17.7 Å². The van der Waals surface area contributed by atoms with Crippen LogP contribution in [-0.4, -0.2) is 12.5 Å². The second-order valence-corrected chi connectivity index (χ2v) is 4.63.